The first-order valence-corrected chi connectivity index (χ1v) is 12.3. The number of H-pyrrole nitrogens is 1. The number of alkyl halides is 3. The Hall–Kier alpha value is -3.10. The van der Waals surface area contributed by atoms with E-state index in [9.17, 15) is 21.6 Å². The third-order valence-electron chi connectivity index (χ3n) is 5.86. The lowest BCUT2D eigenvalue weighted by Crippen LogP contribution is -2.47. The second-order valence-corrected chi connectivity index (χ2v) is 10.2. The van der Waals surface area contributed by atoms with Gasteiger partial charge in [0.05, 0.1) is 4.90 Å². The Morgan fingerprint density at radius 1 is 0.912 bits per heavy atom. The molecule has 4 nitrogen and oxygen atoms in total. The number of aromatic amines is 1. The van der Waals surface area contributed by atoms with Crippen molar-refractivity contribution in [2.45, 2.75) is 44.3 Å². The van der Waals surface area contributed by atoms with Gasteiger partial charge in [0.1, 0.15) is 6.04 Å². The molecule has 0 fully saturated rings. The van der Waals surface area contributed by atoms with Crippen molar-refractivity contribution in [3.8, 4) is 11.1 Å². The van der Waals surface area contributed by atoms with Crippen LogP contribution >= 0.6 is 0 Å². The molecule has 34 heavy (non-hydrogen) atoms. The fraction of sp³-hybridized carbons (Fsp3) is 0.231. The molecule has 0 spiro atoms. The monoisotopic (exact) mass is 486 g/mol. The molecule has 2 N–H and O–H groups in total. The van der Waals surface area contributed by atoms with Crippen LogP contribution in [0.2, 0.25) is 0 Å². The zero-order valence-corrected chi connectivity index (χ0v) is 19.8. The van der Waals surface area contributed by atoms with Gasteiger partial charge in [-0.1, -0.05) is 60.2 Å². The van der Waals surface area contributed by atoms with Crippen LogP contribution in [0.15, 0.2) is 71.8 Å². The van der Waals surface area contributed by atoms with Crippen molar-refractivity contribution in [3.63, 3.8) is 0 Å². The van der Waals surface area contributed by atoms with Gasteiger partial charge in [0.25, 0.3) is 0 Å². The van der Waals surface area contributed by atoms with E-state index in [0.717, 1.165) is 16.7 Å². The number of sulfonamides is 1. The third kappa shape index (κ3) is 4.88. The van der Waals surface area contributed by atoms with E-state index in [1.807, 2.05) is 54.1 Å². The molecule has 8 heteroatoms. The van der Waals surface area contributed by atoms with Crippen LogP contribution in [0.3, 0.4) is 0 Å². The van der Waals surface area contributed by atoms with Crippen molar-refractivity contribution >= 4 is 20.9 Å². The maximum absolute atomic E-state index is 14.0. The third-order valence-corrected chi connectivity index (χ3v) is 7.64. The second kappa shape index (κ2) is 8.92. The second-order valence-electron chi connectivity index (χ2n) is 8.59. The molecule has 1 unspecified atom stereocenters. The predicted molar refractivity (Wildman–Crippen MR) is 128 cm³/mol. The fourth-order valence-corrected chi connectivity index (χ4v) is 6.12. The summed E-state index contributed by atoms with van der Waals surface area (Å²) in [5.41, 5.74) is 4.65. The lowest BCUT2D eigenvalue weighted by atomic mass is 10.0. The van der Waals surface area contributed by atoms with E-state index >= 15 is 0 Å². The number of hydrogen-bond acceptors (Lipinski definition) is 2. The SMILES string of the molecule is Cc1cc(C)c(S(=O)(=O)NC(Cc2c[nH]c3cc(-c4ccccc4)ccc23)C(F)(F)F)c(C)c1. The molecule has 3 aromatic carbocycles. The lowest BCUT2D eigenvalue weighted by Gasteiger charge is -2.23. The summed E-state index contributed by atoms with van der Waals surface area (Å²) in [7, 11) is -4.40. The molecule has 1 heterocycles. The number of aryl methyl sites for hydroxylation is 3. The number of rotatable bonds is 6. The zero-order chi connectivity index (χ0) is 24.7. The van der Waals surface area contributed by atoms with Crippen LogP contribution in [0, 0.1) is 20.8 Å². The highest BCUT2D eigenvalue weighted by molar-refractivity contribution is 7.89. The average Bonchev–Trinajstić information content (AvgIpc) is 3.14. The summed E-state index contributed by atoms with van der Waals surface area (Å²) >= 11 is 0. The van der Waals surface area contributed by atoms with Crippen LogP contribution in [0.4, 0.5) is 13.2 Å². The number of aromatic nitrogens is 1. The molecule has 0 saturated heterocycles. The van der Waals surface area contributed by atoms with E-state index in [1.165, 1.54) is 6.20 Å². The summed E-state index contributed by atoms with van der Waals surface area (Å²) in [5.74, 6) is 0. The minimum Gasteiger partial charge on any atom is -0.361 e. The Labute approximate surface area is 196 Å². The fourth-order valence-electron chi connectivity index (χ4n) is 4.45. The smallest absolute Gasteiger partial charge is 0.361 e. The molecule has 0 aliphatic carbocycles. The highest BCUT2D eigenvalue weighted by Crippen LogP contribution is 2.31. The highest BCUT2D eigenvalue weighted by Gasteiger charge is 2.43. The first kappa shape index (κ1) is 24.0. The molecule has 0 aliphatic heterocycles. The molecular formula is C26H25F3N2O2S. The van der Waals surface area contributed by atoms with E-state index in [0.29, 0.717) is 27.6 Å². The molecule has 178 valence electrons. The quantitative estimate of drug-likeness (QED) is 0.340. The lowest BCUT2D eigenvalue weighted by molar-refractivity contribution is -0.150. The minimum atomic E-state index is -4.77. The van der Waals surface area contributed by atoms with Gasteiger partial charge in [-0.25, -0.2) is 8.42 Å². The van der Waals surface area contributed by atoms with E-state index in [4.69, 9.17) is 0 Å². The van der Waals surface area contributed by atoms with Crippen molar-refractivity contribution in [2.24, 2.45) is 0 Å². The van der Waals surface area contributed by atoms with Gasteiger partial charge in [-0.15, -0.1) is 0 Å². The van der Waals surface area contributed by atoms with Gasteiger partial charge in [0.2, 0.25) is 10.0 Å². The Morgan fingerprint density at radius 3 is 2.18 bits per heavy atom. The molecule has 4 rings (SSSR count). The molecule has 0 amide bonds. The van der Waals surface area contributed by atoms with Crippen LogP contribution in [-0.2, 0) is 16.4 Å². The summed E-state index contributed by atoms with van der Waals surface area (Å²) in [6.45, 7) is 4.98. The van der Waals surface area contributed by atoms with Gasteiger partial charge >= 0.3 is 6.18 Å². The minimum absolute atomic E-state index is 0.112. The van der Waals surface area contributed by atoms with Crippen molar-refractivity contribution in [3.05, 3.63) is 89.1 Å². The molecule has 0 aliphatic rings. The Bertz CT molecular complexity index is 1420. The molecule has 1 atom stereocenters. The highest BCUT2D eigenvalue weighted by atomic mass is 32.2. The number of fused-ring (bicyclic) bond motifs is 1. The summed E-state index contributed by atoms with van der Waals surface area (Å²) < 4.78 is 69.9. The zero-order valence-electron chi connectivity index (χ0n) is 19.0. The van der Waals surface area contributed by atoms with Crippen molar-refractivity contribution in [2.75, 3.05) is 0 Å². The number of nitrogens with one attached hydrogen (secondary N) is 2. The van der Waals surface area contributed by atoms with Gasteiger partial charge in [-0.2, -0.15) is 17.9 Å². The van der Waals surface area contributed by atoms with Crippen molar-refractivity contribution < 1.29 is 21.6 Å². The van der Waals surface area contributed by atoms with Gasteiger partial charge in [0, 0.05) is 17.1 Å². The van der Waals surface area contributed by atoms with Crippen LogP contribution in [0.5, 0.6) is 0 Å². The molecular weight excluding hydrogens is 461 g/mol. The Morgan fingerprint density at radius 2 is 1.56 bits per heavy atom. The summed E-state index contributed by atoms with van der Waals surface area (Å²) in [5, 5.41) is 0.621. The van der Waals surface area contributed by atoms with E-state index in [-0.39, 0.29) is 4.90 Å². The molecule has 0 saturated carbocycles. The van der Waals surface area contributed by atoms with Gasteiger partial charge in [-0.05, 0) is 61.1 Å². The summed E-state index contributed by atoms with van der Waals surface area (Å²) in [4.78, 5) is 2.92. The van der Waals surface area contributed by atoms with Crippen molar-refractivity contribution in [1.29, 1.82) is 0 Å². The Balaban J connectivity index is 1.66. The van der Waals surface area contributed by atoms with Crippen LogP contribution in [-0.4, -0.2) is 25.6 Å². The number of benzene rings is 3. The maximum Gasteiger partial charge on any atom is 0.405 e. The van der Waals surface area contributed by atoms with Gasteiger partial charge in [-0.3, -0.25) is 0 Å². The number of hydrogen-bond donors (Lipinski definition) is 2. The Kier molecular flexibility index (Phi) is 6.31. The average molecular weight is 487 g/mol. The first-order valence-electron chi connectivity index (χ1n) is 10.8. The van der Waals surface area contributed by atoms with E-state index in [1.54, 1.807) is 32.0 Å². The van der Waals surface area contributed by atoms with Crippen molar-refractivity contribution in [1.82, 2.24) is 9.71 Å². The van der Waals surface area contributed by atoms with E-state index in [2.05, 4.69) is 4.98 Å². The maximum atomic E-state index is 14.0. The molecule has 1 aromatic heterocycles. The van der Waals surface area contributed by atoms with Gasteiger partial charge < -0.3 is 4.98 Å². The molecule has 0 bridgehead atoms. The first-order chi connectivity index (χ1) is 16.0. The number of halogens is 3. The molecule has 0 radical (unpaired) electrons. The summed E-state index contributed by atoms with van der Waals surface area (Å²) in [6, 6.07) is 16.2. The normalized spacial score (nSPS) is 13.4. The van der Waals surface area contributed by atoms with Crippen LogP contribution in [0.1, 0.15) is 22.3 Å². The van der Waals surface area contributed by atoms with Crippen LogP contribution in [0.25, 0.3) is 22.0 Å². The largest absolute Gasteiger partial charge is 0.405 e. The van der Waals surface area contributed by atoms with Gasteiger partial charge in [0.15, 0.2) is 0 Å². The predicted octanol–water partition coefficient (Wildman–Crippen LogP) is 6.21. The summed E-state index contributed by atoms with van der Waals surface area (Å²) in [6.07, 6.45) is -3.79. The van der Waals surface area contributed by atoms with Crippen LogP contribution < -0.4 is 4.72 Å². The van der Waals surface area contributed by atoms with E-state index < -0.39 is 28.7 Å². The standard InChI is InChI=1S/C26H25F3N2O2S/c1-16-11-17(2)25(18(3)12-16)34(32,33)31-24(26(27,28)29)14-21-15-30-23-13-20(9-10-22(21)23)19-7-5-4-6-8-19/h4-13,15,24,30-31H,14H2,1-3H3. The molecule has 4 aromatic rings. The topological polar surface area (TPSA) is 62.0 Å².